The van der Waals surface area contributed by atoms with E-state index >= 15 is 0 Å². The van der Waals surface area contributed by atoms with Crippen molar-refractivity contribution in [3.8, 4) is 0 Å². The monoisotopic (exact) mass is 394 g/mol. The van der Waals surface area contributed by atoms with Crippen LogP contribution in [0.15, 0.2) is 18.5 Å². The molecule has 1 aliphatic heterocycles. The van der Waals surface area contributed by atoms with Crippen molar-refractivity contribution in [2.45, 2.75) is 51.1 Å². The number of pyridine rings is 1. The SMILES string of the molecule is CCS(=O)(=O)N1CC(NC(=O)c2cncc(C)c2)C(=O)NC2(CCCC2)C1. The maximum Gasteiger partial charge on any atom is 0.253 e. The minimum absolute atomic E-state index is 0.0419. The van der Waals surface area contributed by atoms with Crippen LogP contribution in [0.3, 0.4) is 0 Å². The number of hydrogen-bond acceptors (Lipinski definition) is 5. The Hall–Kier alpha value is -2.00. The molecule has 2 aliphatic rings. The average molecular weight is 394 g/mol. The van der Waals surface area contributed by atoms with Gasteiger partial charge in [0, 0.05) is 25.5 Å². The standard InChI is InChI=1S/C18H26N4O4S/c1-3-27(25,26)22-11-15(17(24)21-18(12-22)6-4-5-7-18)20-16(23)14-8-13(2)9-19-10-14/h8-10,15H,3-7,11-12H2,1-2H3,(H,20,23)(H,21,24). The van der Waals surface area contributed by atoms with Crippen LogP contribution in [0.25, 0.3) is 0 Å². The molecule has 2 N–H and O–H groups in total. The molecule has 3 rings (SSSR count). The number of aromatic nitrogens is 1. The number of carbonyl (C=O) groups is 2. The molecule has 9 heteroatoms. The van der Waals surface area contributed by atoms with E-state index in [4.69, 9.17) is 0 Å². The van der Waals surface area contributed by atoms with E-state index in [9.17, 15) is 18.0 Å². The van der Waals surface area contributed by atoms with Gasteiger partial charge in [-0.3, -0.25) is 14.6 Å². The molecular formula is C18H26N4O4S. The van der Waals surface area contributed by atoms with Crippen molar-refractivity contribution in [2.24, 2.45) is 0 Å². The van der Waals surface area contributed by atoms with E-state index in [1.807, 2.05) is 6.92 Å². The van der Waals surface area contributed by atoms with Crippen LogP contribution in [-0.2, 0) is 14.8 Å². The van der Waals surface area contributed by atoms with Gasteiger partial charge < -0.3 is 10.6 Å². The summed E-state index contributed by atoms with van der Waals surface area (Å²) in [5.74, 6) is -0.818. The number of amides is 2. The first kappa shape index (κ1) is 19.8. The number of rotatable bonds is 4. The summed E-state index contributed by atoms with van der Waals surface area (Å²) in [4.78, 5) is 29.4. The first-order valence-electron chi connectivity index (χ1n) is 9.27. The first-order valence-corrected chi connectivity index (χ1v) is 10.9. The maximum atomic E-state index is 12.8. The number of nitrogens with zero attached hydrogens (tertiary/aromatic N) is 2. The highest BCUT2D eigenvalue weighted by molar-refractivity contribution is 7.89. The largest absolute Gasteiger partial charge is 0.348 e. The molecule has 0 bridgehead atoms. The second kappa shape index (κ2) is 7.55. The van der Waals surface area contributed by atoms with Crippen LogP contribution in [0.5, 0.6) is 0 Å². The van der Waals surface area contributed by atoms with E-state index in [-0.39, 0.29) is 24.7 Å². The topological polar surface area (TPSA) is 108 Å². The van der Waals surface area contributed by atoms with E-state index in [0.717, 1.165) is 31.2 Å². The summed E-state index contributed by atoms with van der Waals surface area (Å²) in [5, 5.41) is 5.71. The Morgan fingerprint density at radius 2 is 2.07 bits per heavy atom. The van der Waals surface area contributed by atoms with Crippen molar-refractivity contribution in [3.05, 3.63) is 29.6 Å². The quantitative estimate of drug-likeness (QED) is 0.777. The van der Waals surface area contributed by atoms with E-state index in [2.05, 4.69) is 15.6 Å². The highest BCUT2D eigenvalue weighted by atomic mass is 32.2. The molecule has 1 atom stereocenters. The third-order valence-corrected chi connectivity index (χ3v) is 7.13. The Morgan fingerprint density at radius 3 is 2.70 bits per heavy atom. The predicted octanol–water partition coefficient (Wildman–Crippen LogP) is 0.583. The minimum atomic E-state index is -3.49. The van der Waals surface area contributed by atoms with Crippen molar-refractivity contribution >= 4 is 21.8 Å². The lowest BCUT2D eigenvalue weighted by atomic mass is 9.98. The summed E-state index contributed by atoms with van der Waals surface area (Å²) in [6, 6.07) is 0.731. The predicted molar refractivity (Wildman–Crippen MR) is 101 cm³/mol. The molecule has 8 nitrogen and oxygen atoms in total. The number of hydrogen-bond donors (Lipinski definition) is 2. The molecule has 148 valence electrons. The molecular weight excluding hydrogens is 368 g/mol. The van der Waals surface area contributed by atoms with Crippen molar-refractivity contribution in [1.82, 2.24) is 19.9 Å². The van der Waals surface area contributed by atoms with E-state index in [1.54, 1.807) is 19.2 Å². The molecule has 1 aromatic heterocycles. The van der Waals surface area contributed by atoms with Gasteiger partial charge in [-0.15, -0.1) is 0 Å². The minimum Gasteiger partial charge on any atom is -0.348 e. The third-order valence-electron chi connectivity index (χ3n) is 5.33. The number of aryl methyl sites for hydroxylation is 1. The van der Waals surface area contributed by atoms with Crippen LogP contribution in [0.2, 0.25) is 0 Å². The van der Waals surface area contributed by atoms with Gasteiger partial charge in [-0.05, 0) is 38.3 Å². The fraction of sp³-hybridized carbons (Fsp3) is 0.611. The highest BCUT2D eigenvalue weighted by Crippen LogP contribution is 2.32. The average Bonchev–Trinajstić information content (AvgIpc) is 3.02. The zero-order valence-corrected chi connectivity index (χ0v) is 16.5. The van der Waals surface area contributed by atoms with Gasteiger partial charge in [0.1, 0.15) is 6.04 Å². The van der Waals surface area contributed by atoms with Crippen LogP contribution in [0.1, 0.15) is 48.5 Å². The molecule has 27 heavy (non-hydrogen) atoms. The van der Waals surface area contributed by atoms with Gasteiger partial charge in [-0.1, -0.05) is 12.8 Å². The summed E-state index contributed by atoms with van der Waals surface area (Å²) in [7, 11) is -3.49. The van der Waals surface area contributed by atoms with Gasteiger partial charge in [0.15, 0.2) is 0 Å². The maximum absolute atomic E-state index is 12.8. The lowest BCUT2D eigenvalue weighted by Gasteiger charge is -2.32. The lowest BCUT2D eigenvalue weighted by Crippen LogP contribution is -2.54. The Kier molecular flexibility index (Phi) is 5.53. The van der Waals surface area contributed by atoms with Gasteiger partial charge in [-0.2, -0.15) is 4.31 Å². The van der Waals surface area contributed by atoms with E-state index in [0.29, 0.717) is 5.56 Å². The lowest BCUT2D eigenvalue weighted by molar-refractivity contribution is -0.124. The van der Waals surface area contributed by atoms with Crippen LogP contribution < -0.4 is 10.6 Å². The Morgan fingerprint density at radius 1 is 1.37 bits per heavy atom. The Labute approximate surface area is 159 Å². The van der Waals surface area contributed by atoms with E-state index in [1.165, 1.54) is 10.5 Å². The van der Waals surface area contributed by atoms with Crippen molar-refractivity contribution in [1.29, 1.82) is 0 Å². The molecule has 1 saturated carbocycles. The summed E-state index contributed by atoms with van der Waals surface area (Å²) in [6.45, 7) is 3.60. The van der Waals surface area contributed by atoms with Gasteiger partial charge in [-0.25, -0.2) is 8.42 Å². The molecule has 2 amide bonds. The molecule has 1 aromatic rings. The molecule has 2 heterocycles. The molecule has 2 fully saturated rings. The third kappa shape index (κ3) is 4.30. The summed E-state index contributed by atoms with van der Waals surface area (Å²) < 4.78 is 26.5. The normalized spacial score (nSPS) is 23.0. The number of nitrogens with one attached hydrogen (secondary N) is 2. The van der Waals surface area contributed by atoms with Crippen molar-refractivity contribution in [2.75, 3.05) is 18.8 Å². The zero-order chi connectivity index (χ0) is 19.7. The second-order valence-electron chi connectivity index (χ2n) is 7.45. The summed E-state index contributed by atoms with van der Waals surface area (Å²) in [5.41, 5.74) is 0.629. The molecule has 1 saturated heterocycles. The van der Waals surface area contributed by atoms with Crippen LogP contribution in [0, 0.1) is 6.92 Å². The summed E-state index contributed by atoms with van der Waals surface area (Å²) >= 11 is 0. The molecule has 1 spiro atoms. The van der Waals surface area contributed by atoms with Crippen LogP contribution in [0.4, 0.5) is 0 Å². The second-order valence-corrected chi connectivity index (χ2v) is 9.70. The highest BCUT2D eigenvalue weighted by Gasteiger charge is 2.45. The van der Waals surface area contributed by atoms with Gasteiger partial charge in [0.25, 0.3) is 5.91 Å². The van der Waals surface area contributed by atoms with Gasteiger partial charge >= 0.3 is 0 Å². The molecule has 1 aliphatic carbocycles. The zero-order valence-electron chi connectivity index (χ0n) is 15.7. The molecule has 0 aromatic carbocycles. The van der Waals surface area contributed by atoms with Crippen LogP contribution >= 0.6 is 0 Å². The fourth-order valence-electron chi connectivity index (χ4n) is 3.84. The first-order chi connectivity index (χ1) is 12.7. The Bertz CT molecular complexity index is 834. The van der Waals surface area contributed by atoms with Crippen molar-refractivity contribution in [3.63, 3.8) is 0 Å². The number of carbonyl (C=O) groups excluding carboxylic acids is 2. The molecule has 0 radical (unpaired) electrons. The van der Waals surface area contributed by atoms with Gasteiger partial charge in [0.05, 0.1) is 16.9 Å². The van der Waals surface area contributed by atoms with Crippen LogP contribution in [-0.4, -0.2) is 59.9 Å². The Balaban J connectivity index is 1.85. The van der Waals surface area contributed by atoms with Crippen molar-refractivity contribution < 1.29 is 18.0 Å². The van der Waals surface area contributed by atoms with E-state index < -0.39 is 27.5 Å². The fourth-order valence-corrected chi connectivity index (χ4v) is 5.02. The smallest absolute Gasteiger partial charge is 0.253 e. The van der Waals surface area contributed by atoms with Gasteiger partial charge in [0.2, 0.25) is 15.9 Å². The summed E-state index contributed by atoms with van der Waals surface area (Å²) in [6.07, 6.45) is 6.46. The number of sulfonamides is 1. The molecule has 1 unspecified atom stereocenters.